The molecule has 2 aromatic rings. The number of anilines is 1. The smallest absolute Gasteiger partial charge is 0.311 e. The van der Waals surface area contributed by atoms with E-state index in [-0.39, 0.29) is 24.7 Å². The van der Waals surface area contributed by atoms with Crippen LogP contribution in [0.4, 0.5) is 10.1 Å². The van der Waals surface area contributed by atoms with Gasteiger partial charge in [0.1, 0.15) is 6.61 Å². The fraction of sp³-hybridized carbons (Fsp3) is 0.333. The first-order chi connectivity index (χ1) is 13.0. The Bertz CT molecular complexity index is 852. The van der Waals surface area contributed by atoms with Crippen LogP contribution in [0.15, 0.2) is 42.5 Å². The van der Waals surface area contributed by atoms with Crippen molar-refractivity contribution in [3.8, 4) is 5.75 Å². The number of benzene rings is 2. The molecule has 1 fully saturated rings. The molecule has 0 aliphatic carbocycles. The third-order valence-electron chi connectivity index (χ3n) is 4.72. The predicted molar refractivity (Wildman–Crippen MR) is 99.0 cm³/mol. The number of hydrogen-bond acceptors (Lipinski definition) is 4. The van der Waals surface area contributed by atoms with E-state index in [4.69, 9.17) is 9.47 Å². The molecule has 0 spiro atoms. The minimum atomic E-state index is -0.523. The van der Waals surface area contributed by atoms with E-state index in [1.54, 1.807) is 11.0 Å². The molecule has 0 saturated carbocycles. The molecule has 0 N–H and O–H groups in total. The SMILES string of the molecule is CCc1ccccc1N1C[C@H](C(=O)OCc2ccc(OC)c(F)c2)CC1=O. The van der Waals surface area contributed by atoms with Gasteiger partial charge in [-0.2, -0.15) is 0 Å². The molecule has 1 aliphatic rings. The number of para-hydroxylation sites is 1. The van der Waals surface area contributed by atoms with Crippen LogP contribution in [0.1, 0.15) is 24.5 Å². The molecular weight excluding hydrogens is 349 g/mol. The number of esters is 1. The van der Waals surface area contributed by atoms with E-state index in [9.17, 15) is 14.0 Å². The van der Waals surface area contributed by atoms with Crippen molar-refractivity contribution < 1.29 is 23.5 Å². The molecule has 1 atom stereocenters. The molecule has 1 amide bonds. The molecular formula is C21H22FNO4. The quantitative estimate of drug-likeness (QED) is 0.730. The van der Waals surface area contributed by atoms with Crippen molar-refractivity contribution >= 4 is 17.6 Å². The van der Waals surface area contributed by atoms with Gasteiger partial charge < -0.3 is 14.4 Å². The van der Waals surface area contributed by atoms with Crippen LogP contribution in [0.3, 0.4) is 0 Å². The summed E-state index contributed by atoms with van der Waals surface area (Å²) in [6, 6.07) is 12.1. The van der Waals surface area contributed by atoms with E-state index in [0.29, 0.717) is 12.1 Å². The molecule has 1 saturated heterocycles. The number of rotatable bonds is 6. The molecule has 0 aromatic heterocycles. The lowest BCUT2D eigenvalue weighted by Crippen LogP contribution is -2.27. The number of amides is 1. The van der Waals surface area contributed by atoms with E-state index >= 15 is 0 Å². The number of methoxy groups -OCH3 is 1. The van der Waals surface area contributed by atoms with E-state index in [1.165, 1.54) is 19.2 Å². The monoisotopic (exact) mass is 371 g/mol. The number of halogens is 1. The van der Waals surface area contributed by atoms with E-state index in [0.717, 1.165) is 17.7 Å². The van der Waals surface area contributed by atoms with Crippen LogP contribution in [0.25, 0.3) is 0 Å². The van der Waals surface area contributed by atoms with Crippen molar-refractivity contribution in [2.75, 3.05) is 18.6 Å². The maximum absolute atomic E-state index is 13.7. The molecule has 1 heterocycles. The summed E-state index contributed by atoms with van der Waals surface area (Å²) >= 11 is 0. The van der Waals surface area contributed by atoms with Gasteiger partial charge in [-0.3, -0.25) is 9.59 Å². The Morgan fingerprint density at radius 1 is 1.26 bits per heavy atom. The third-order valence-corrected chi connectivity index (χ3v) is 4.72. The van der Waals surface area contributed by atoms with Crippen molar-refractivity contribution in [2.45, 2.75) is 26.4 Å². The van der Waals surface area contributed by atoms with Gasteiger partial charge in [0.05, 0.1) is 13.0 Å². The highest BCUT2D eigenvalue weighted by Crippen LogP contribution is 2.29. The average Bonchev–Trinajstić information content (AvgIpc) is 3.07. The van der Waals surface area contributed by atoms with Crippen molar-refractivity contribution in [3.05, 3.63) is 59.4 Å². The Morgan fingerprint density at radius 2 is 2.04 bits per heavy atom. The number of ether oxygens (including phenoxy) is 2. The lowest BCUT2D eigenvalue weighted by atomic mass is 10.1. The van der Waals surface area contributed by atoms with Gasteiger partial charge in [0.25, 0.3) is 0 Å². The Labute approximate surface area is 157 Å². The van der Waals surface area contributed by atoms with E-state index in [1.807, 2.05) is 31.2 Å². The Morgan fingerprint density at radius 3 is 2.74 bits per heavy atom. The Balaban J connectivity index is 1.63. The summed E-state index contributed by atoms with van der Waals surface area (Å²) in [4.78, 5) is 26.4. The van der Waals surface area contributed by atoms with Crippen LogP contribution in [-0.2, 0) is 27.4 Å². The highest BCUT2D eigenvalue weighted by molar-refractivity contribution is 6.00. The first-order valence-corrected chi connectivity index (χ1v) is 8.90. The molecule has 1 aliphatic heterocycles. The molecule has 27 heavy (non-hydrogen) atoms. The van der Waals surface area contributed by atoms with Gasteiger partial charge in [0.15, 0.2) is 11.6 Å². The fourth-order valence-electron chi connectivity index (χ4n) is 3.24. The van der Waals surface area contributed by atoms with Crippen LogP contribution in [-0.4, -0.2) is 25.5 Å². The highest BCUT2D eigenvalue weighted by atomic mass is 19.1. The van der Waals surface area contributed by atoms with Gasteiger partial charge in [-0.25, -0.2) is 4.39 Å². The first-order valence-electron chi connectivity index (χ1n) is 8.90. The Hall–Kier alpha value is -2.89. The van der Waals surface area contributed by atoms with Crippen LogP contribution < -0.4 is 9.64 Å². The molecule has 3 rings (SSSR count). The van der Waals surface area contributed by atoms with Crippen molar-refractivity contribution in [3.63, 3.8) is 0 Å². The van der Waals surface area contributed by atoms with Gasteiger partial charge in [-0.05, 0) is 35.7 Å². The lowest BCUT2D eigenvalue weighted by Gasteiger charge is -2.19. The average molecular weight is 371 g/mol. The topological polar surface area (TPSA) is 55.8 Å². The number of hydrogen-bond donors (Lipinski definition) is 0. The summed E-state index contributed by atoms with van der Waals surface area (Å²) in [5.74, 6) is -1.43. The normalized spacial score (nSPS) is 16.5. The summed E-state index contributed by atoms with van der Waals surface area (Å²) in [6.07, 6.45) is 0.923. The molecule has 0 bridgehead atoms. The second kappa shape index (κ2) is 8.20. The number of carbonyl (C=O) groups excluding carboxylic acids is 2. The van der Waals surface area contributed by atoms with Gasteiger partial charge in [-0.1, -0.05) is 31.2 Å². The summed E-state index contributed by atoms with van der Waals surface area (Å²) < 4.78 is 23.9. The predicted octanol–water partition coefficient (Wildman–Crippen LogP) is 3.49. The molecule has 2 aromatic carbocycles. The van der Waals surface area contributed by atoms with Crippen molar-refractivity contribution in [1.82, 2.24) is 0 Å². The van der Waals surface area contributed by atoms with Crippen molar-refractivity contribution in [1.29, 1.82) is 0 Å². The summed E-state index contributed by atoms with van der Waals surface area (Å²) in [7, 11) is 1.39. The maximum Gasteiger partial charge on any atom is 0.311 e. The van der Waals surface area contributed by atoms with Crippen LogP contribution in [0, 0.1) is 11.7 Å². The Kier molecular flexibility index (Phi) is 5.74. The maximum atomic E-state index is 13.7. The molecule has 6 heteroatoms. The zero-order valence-electron chi connectivity index (χ0n) is 15.4. The van der Waals surface area contributed by atoms with Gasteiger partial charge in [0.2, 0.25) is 5.91 Å². The molecule has 5 nitrogen and oxygen atoms in total. The molecule has 0 unspecified atom stereocenters. The first kappa shape index (κ1) is 18.9. The number of aryl methyl sites for hydroxylation is 1. The van der Waals surface area contributed by atoms with Crippen LogP contribution >= 0.6 is 0 Å². The molecule has 142 valence electrons. The standard InChI is InChI=1S/C21H22FNO4/c1-3-15-6-4-5-7-18(15)23-12-16(11-20(23)24)21(25)27-13-14-8-9-19(26-2)17(22)10-14/h4-10,16H,3,11-13H2,1-2H3/t16-/m1/s1. The summed E-state index contributed by atoms with van der Waals surface area (Å²) in [5.41, 5.74) is 2.44. The number of nitrogens with zero attached hydrogens (tertiary/aromatic N) is 1. The van der Waals surface area contributed by atoms with Gasteiger partial charge in [0, 0.05) is 18.7 Å². The molecule has 0 radical (unpaired) electrons. The minimum absolute atomic E-state index is 0.0456. The van der Waals surface area contributed by atoms with Gasteiger partial charge >= 0.3 is 5.97 Å². The zero-order chi connectivity index (χ0) is 19.4. The van der Waals surface area contributed by atoms with Crippen LogP contribution in [0.5, 0.6) is 5.75 Å². The summed E-state index contributed by atoms with van der Waals surface area (Å²) in [5, 5.41) is 0. The second-order valence-corrected chi connectivity index (χ2v) is 6.46. The zero-order valence-corrected chi connectivity index (χ0v) is 15.4. The number of carbonyl (C=O) groups is 2. The van der Waals surface area contributed by atoms with E-state index < -0.39 is 17.7 Å². The van der Waals surface area contributed by atoms with E-state index in [2.05, 4.69) is 0 Å². The lowest BCUT2D eigenvalue weighted by molar-refractivity contribution is -0.149. The third kappa shape index (κ3) is 4.10. The van der Waals surface area contributed by atoms with Crippen molar-refractivity contribution in [2.24, 2.45) is 5.92 Å². The minimum Gasteiger partial charge on any atom is -0.494 e. The van der Waals surface area contributed by atoms with Gasteiger partial charge in [-0.15, -0.1) is 0 Å². The fourth-order valence-corrected chi connectivity index (χ4v) is 3.24. The largest absolute Gasteiger partial charge is 0.494 e. The highest BCUT2D eigenvalue weighted by Gasteiger charge is 2.36. The summed E-state index contributed by atoms with van der Waals surface area (Å²) in [6.45, 7) is 2.28. The second-order valence-electron chi connectivity index (χ2n) is 6.46. The van der Waals surface area contributed by atoms with Crippen LogP contribution in [0.2, 0.25) is 0 Å².